The highest BCUT2D eigenvalue weighted by Gasteiger charge is 2.21. The fraction of sp³-hybridized carbons (Fsp3) is 0.133. The maximum absolute atomic E-state index is 7.01. The van der Waals surface area contributed by atoms with Gasteiger partial charge in [-0.2, -0.15) is 0 Å². The van der Waals surface area contributed by atoms with Gasteiger partial charge in [0.05, 0.1) is 10.6 Å². The Hall–Kier alpha value is -2.76. The van der Waals surface area contributed by atoms with Crippen LogP contribution in [-0.4, -0.2) is 0 Å². The third-order valence-electron chi connectivity index (χ3n) is 5.41. The number of benzene rings is 2. The Balaban J connectivity index is 2.36. The van der Waals surface area contributed by atoms with E-state index in [-0.39, 0.29) is 0 Å². The zero-order chi connectivity index (χ0) is 24.0. The SMILES string of the molecule is C#CC(=C(/Cl)c1ccccc1C)/C(=C(\CC)c1cc(C)sc1Cl)c1ccc(/C=C/C=C)cc1. The fourth-order valence-corrected chi connectivity index (χ4v) is 5.45. The number of hydrogen-bond acceptors (Lipinski definition) is 1. The van der Waals surface area contributed by atoms with Crippen LogP contribution in [0.5, 0.6) is 0 Å². The first-order valence-electron chi connectivity index (χ1n) is 10.7. The van der Waals surface area contributed by atoms with Crippen molar-refractivity contribution in [1.82, 2.24) is 0 Å². The van der Waals surface area contributed by atoms with Crippen molar-refractivity contribution in [3.63, 3.8) is 0 Å². The third kappa shape index (κ3) is 5.60. The number of halogens is 2. The van der Waals surface area contributed by atoms with Gasteiger partial charge in [0.2, 0.25) is 0 Å². The van der Waals surface area contributed by atoms with Gasteiger partial charge in [-0.05, 0) is 54.2 Å². The molecule has 0 spiro atoms. The first-order chi connectivity index (χ1) is 15.9. The van der Waals surface area contributed by atoms with Gasteiger partial charge in [-0.25, -0.2) is 0 Å². The highest BCUT2D eigenvalue weighted by Crippen LogP contribution is 2.43. The number of rotatable bonds is 7. The average Bonchev–Trinajstić information content (AvgIpc) is 3.15. The molecule has 0 saturated heterocycles. The Morgan fingerprint density at radius 1 is 1.09 bits per heavy atom. The van der Waals surface area contributed by atoms with E-state index in [1.165, 1.54) is 0 Å². The summed E-state index contributed by atoms with van der Waals surface area (Å²) >= 11 is 15.2. The van der Waals surface area contributed by atoms with Crippen LogP contribution in [0.2, 0.25) is 4.34 Å². The molecule has 0 saturated carbocycles. The van der Waals surface area contributed by atoms with E-state index < -0.39 is 0 Å². The van der Waals surface area contributed by atoms with Gasteiger partial charge in [-0.1, -0.05) is 109 Å². The molecule has 0 aliphatic rings. The van der Waals surface area contributed by atoms with E-state index >= 15 is 0 Å². The highest BCUT2D eigenvalue weighted by atomic mass is 35.5. The summed E-state index contributed by atoms with van der Waals surface area (Å²) in [5.41, 5.74) is 7.77. The molecule has 2 aromatic carbocycles. The largest absolute Gasteiger partial charge is 0.128 e. The zero-order valence-electron chi connectivity index (χ0n) is 19.1. The molecule has 33 heavy (non-hydrogen) atoms. The van der Waals surface area contributed by atoms with Gasteiger partial charge in [0.15, 0.2) is 0 Å². The molecule has 0 unspecified atom stereocenters. The minimum Gasteiger partial charge on any atom is -0.128 e. The molecular formula is C30H26Cl2S. The number of terminal acetylenes is 1. The van der Waals surface area contributed by atoms with Crippen LogP contribution in [0.25, 0.3) is 22.3 Å². The van der Waals surface area contributed by atoms with Crippen molar-refractivity contribution < 1.29 is 0 Å². The van der Waals surface area contributed by atoms with Gasteiger partial charge in [0.25, 0.3) is 0 Å². The van der Waals surface area contributed by atoms with Gasteiger partial charge < -0.3 is 0 Å². The number of hydrogen-bond donors (Lipinski definition) is 0. The molecule has 3 aromatic rings. The predicted octanol–water partition coefficient (Wildman–Crippen LogP) is 9.82. The molecule has 0 aliphatic carbocycles. The second-order valence-electron chi connectivity index (χ2n) is 7.62. The molecule has 3 heteroatoms. The summed E-state index contributed by atoms with van der Waals surface area (Å²) in [7, 11) is 0. The van der Waals surface area contributed by atoms with E-state index in [1.807, 2.05) is 43.3 Å². The van der Waals surface area contributed by atoms with Crippen molar-refractivity contribution in [1.29, 1.82) is 0 Å². The Morgan fingerprint density at radius 3 is 2.33 bits per heavy atom. The van der Waals surface area contributed by atoms with Gasteiger partial charge in [0, 0.05) is 16.0 Å². The van der Waals surface area contributed by atoms with Crippen molar-refractivity contribution in [2.75, 3.05) is 0 Å². The van der Waals surface area contributed by atoms with Crippen molar-refractivity contribution >= 4 is 56.8 Å². The molecule has 0 atom stereocenters. The van der Waals surface area contributed by atoms with E-state index in [2.05, 4.69) is 56.7 Å². The molecule has 1 aromatic heterocycles. The van der Waals surface area contributed by atoms with Crippen LogP contribution in [0.4, 0.5) is 0 Å². The predicted molar refractivity (Wildman–Crippen MR) is 150 cm³/mol. The van der Waals surface area contributed by atoms with Gasteiger partial charge >= 0.3 is 0 Å². The second-order valence-corrected chi connectivity index (χ2v) is 9.85. The number of thiophene rings is 1. The topological polar surface area (TPSA) is 0 Å². The van der Waals surface area contributed by atoms with E-state index in [0.717, 1.165) is 54.6 Å². The number of allylic oxidation sites excluding steroid dienone is 5. The maximum atomic E-state index is 7.01. The minimum absolute atomic E-state index is 0.565. The fourth-order valence-electron chi connectivity index (χ4n) is 3.80. The molecule has 3 rings (SSSR count). The van der Waals surface area contributed by atoms with E-state index in [4.69, 9.17) is 29.6 Å². The van der Waals surface area contributed by atoms with Crippen molar-refractivity contribution in [3.8, 4) is 12.3 Å². The van der Waals surface area contributed by atoms with Crippen LogP contribution in [-0.2, 0) is 0 Å². The van der Waals surface area contributed by atoms with Crippen LogP contribution in [0.3, 0.4) is 0 Å². The van der Waals surface area contributed by atoms with E-state index in [1.54, 1.807) is 17.4 Å². The summed E-state index contributed by atoms with van der Waals surface area (Å²) < 4.78 is 0.760. The lowest BCUT2D eigenvalue weighted by Crippen LogP contribution is -1.98. The molecule has 0 aliphatic heterocycles. The standard InChI is InChI=1S/C30H26Cl2S/c1-6-9-13-22-15-17-23(18-16-22)28(24(7-2)27-19-21(5)33-30(27)32)25(8-3)29(31)26-14-11-10-12-20(26)4/h3,6,9-19H,1,7H2,2,4-5H3/b13-9+,28-24+,29-25-. The Bertz CT molecular complexity index is 1290. The zero-order valence-corrected chi connectivity index (χ0v) is 21.4. The lowest BCUT2D eigenvalue weighted by Gasteiger charge is -2.18. The molecule has 0 N–H and O–H groups in total. The van der Waals surface area contributed by atoms with Crippen molar-refractivity contribution in [2.45, 2.75) is 27.2 Å². The lowest BCUT2D eigenvalue weighted by molar-refractivity contribution is 1.24. The van der Waals surface area contributed by atoms with Gasteiger partial charge in [0.1, 0.15) is 4.34 Å². The average molecular weight is 490 g/mol. The quantitative estimate of drug-likeness (QED) is 0.229. The van der Waals surface area contributed by atoms with Crippen LogP contribution < -0.4 is 0 Å². The highest BCUT2D eigenvalue weighted by molar-refractivity contribution is 7.16. The Labute approximate surface area is 211 Å². The summed E-state index contributed by atoms with van der Waals surface area (Å²) in [6, 6.07) is 18.4. The van der Waals surface area contributed by atoms with Crippen LogP contribution in [0.1, 0.15) is 46.0 Å². The minimum atomic E-state index is 0.565. The summed E-state index contributed by atoms with van der Waals surface area (Å²) in [5, 5.41) is 0.565. The van der Waals surface area contributed by atoms with Crippen molar-refractivity contribution in [2.24, 2.45) is 0 Å². The Morgan fingerprint density at radius 2 is 1.79 bits per heavy atom. The molecule has 0 fully saturated rings. The number of aryl methyl sites for hydroxylation is 2. The molecule has 1 heterocycles. The van der Waals surface area contributed by atoms with Crippen LogP contribution in [0.15, 0.2) is 78.9 Å². The lowest BCUT2D eigenvalue weighted by atomic mass is 9.87. The van der Waals surface area contributed by atoms with Crippen LogP contribution in [0, 0.1) is 26.2 Å². The summed E-state index contributed by atoms with van der Waals surface area (Å²) in [5.74, 6) is 2.91. The molecule has 0 nitrogen and oxygen atoms in total. The normalized spacial score (nSPS) is 12.8. The molecule has 0 amide bonds. The smallest absolute Gasteiger partial charge is 0.101 e. The first-order valence-corrected chi connectivity index (χ1v) is 12.3. The molecule has 0 radical (unpaired) electrons. The second kappa shape index (κ2) is 11.4. The molecular weight excluding hydrogens is 463 g/mol. The molecule has 166 valence electrons. The third-order valence-corrected chi connectivity index (χ3v) is 7.08. The Kier molecular flexibility index (Phi) is 8.59. The summed E-state index contributed by atoms with van der Waals surface area (Å²) in [4.78, 5) is 1.15. The first kappa shape index (κ1) is 24.9. The maximum Gasteiger partial charge on any atom is 0.101 e. The monoisotopic (exact) mass is 488 g/mol. The van der Waals surface area contributed by atoms with Gasteiger partial charge in [-0.3, -0.25) is 0 Å². The van der Waals surface area contributed by atoms with E-state index in [0.29, 0.717) is 10.6 Å². The van der Waals surface area contributed by atoms with E-state index in [9.17, 15) is 0 Å². The summed E-state index contributed by atoms with van der Waals surface area (Å²) in [6.45, 7) is 9.96. The van der Waals surface area contributed by atoms with Crippen molar-refractivity contribution in [3.05, 3.63) is 116 Å². The molecule has 0 bridgehead atoms. The summed E-state index contributed by atoms with van der Waals surface area (Å²) in [6.07, 6.45) is 12.6. The van der Waals surface area contributed by atoms with Gasteiger partial charge in [-0.15, -0.1) is 17.8 Å². The van der Waals surface area contributed by atoms with Crippen LogP contribution >= 0.6 is 34.5 Å².